The Morgan fingerprint density at radius 2 is 1.56 bits per heavy atom. The first-order valence-corrected chi connectivity index (χ1v) is 8.22. The van der Waals surface area contributed by atoms with Crippen LogP contribution < -0.4 is 10.6 Å². The summed E-state index contributed by atoms with van der Waals surface area (Å²) in [5.74, 6) is -0.904. The number of amides is 2. The molecule has 0 N–H and O–H groups in total. The Morgan fingerprint density at radius 3 is 2.04 bits per heavy atom. The van der Waals surface area contributed by atoms with Crippen LogP contribution in [-0.2, 0) is 9.59 Å². The third kappa shape index (κ3) is 3.48. The molecule has 0 aliphatic heterocycles. The van der Waals surface area contributed by atoms with E-state index in [0.29, 0.717) is 10.9 Å². The molecule has 0 bridgehead atoms. The number of carbonyl (C=O) groups is 2. The molecule has 6 nitrogen and oxygen atoms in total. The fourth-order valence-corrected chi connectivity index (χ4v) is 2.35. The Bertz CT molecular complexity index is 873. The number of hydrogen-bond donors (Lipinski definition) is 0. The summed E-state index contributed by atoms with van der Waals surface area (Å²) in [4.78, 5) is 43.3. The van der Waals surface area contributed by atoms with Crippen molar-refractivity contribution in [3.8, 4) is 0 Å². The maximum Gasteiger partial charge on any atom is 0.274 e. The van der Waals surface area contributed by atoms with Gasteiger partial charge in [0.1, 0.15) is 0 Å². The number of aryl methyl sites for hydroxylation is 1. The van der Waals surface area contributed by atoms with Crippen molar-refractivity contribution in [3.05, 3.63) is 40.3 Å². The van der Waals surface area contributed by atoms with Crippen LogP contribution in [0.5, 0.6) is 0 Å². The van der Waals surface area contributed by atoms with E-state index in [-0.39, 0.29) is 5.65 Å². The Morgan fingerprint density at radius 1 is 1.04 bits per heavy atom. The minimum absolute atomic E-state index is 0.285. The minimum atomic E-state index is -0.842. The van der Waals surface area contributed by atoms with E-state index in [0.717, 1.165) is 9.69 Å². The molecule has 25 heavy (non-hydrogen) atoms. The second-order valence-electron chi connectivity index (χ2n) is 8.28. The zero-order valence-electron chi connectivity index (χ0n) is 15.9. The van der Waals surface area contributed by atoms with Crippen LogP contribution in [0.4, 0.5) is 0 Å². The zero-order chi connectivity index (χ0) is 19.2. The van der Waals surface area contributed by atoms with Gasteiger partial charge in [0.25, 0.3) is 17.4 Å². The molecule has 0 fully saturated rings. The van der Waals surface area contributed by atoms with E-state index >= 15 is 0 Å². The third-order valence-electron chi connectivity index (χ3n) is 3.79. The van der Waals surface area contributed by atoms with Gasteiger partial charge in [0.15, 0.2) is 5.65 Å². The van der Waals surface area contributed by atoms with Gasteiger partial charge in [-0.2, -0.15) is 9.69 Å². The molecule has 0 saturated heterocycles. The maximum atomic E-state index is 13.1. The summed E-state index contributed by atoms with van der Waals surface area (Å²) in [5, 5.41) is 1.65. The second kappa shape index (κ2) is 6.10. The van der Waals surface area contributed by atoms with Crippen LogP contribution in [0, 0.1) is 17.8 Å². The van der Waals surface area contributed by atoms with Crippen LogP contribution in [0.25, 0.3) is 11.0 Å². The van der Waals surface area contributed by atoms with Crippen molar-refractivity contribution in [1.82, 2.24) is 9.66 Å². The quantitative estimate of drug-likeness (QED) is 0.798. The standard InChI is InChI=1S/C19H25N3O3/c1-12-11-13-9-8-10-20-14(13)21(15(12)23)22(16(24)18(2,3)4)17(25)19(5,6)7/h8-11H,1-7H3. The normalized spacial score (nSPS) is 12.3. The number of carbonyl (C=O) groups excluding carboxylic acids is 2. The molecule has 2 rings (SSSR count). The second-order valence-corrected chi connectivity index (χ2v) is 8.28. The van der Waals surface area contributed by atoms with Crippen LogP contribution in [0.2, 0.25) is 0 Å². The smallest absolute Gasteiger partial charge is 0.272 e. The molecular formula is C19H25N3O3. The lowest BCUT2D eigenvalue weighted by molar-refractivity contribution is -0.137. The van der Waals surface area contributed by atoms with Crippen molar-refractivity contribution in [1.29, 1.82) is 0 Å². The van der Waals surface area contributed by atoms with E-state index in [4.69, 9.17) is 0 Å². The van der Waals surface area contributed by atoms with Gasteiger partial charge >= 0.3 is 0 Å². The highest BCUT2D eigenvalue weighted by atomic mass is 16.2. The topological polar surface area (TPSA) is 72.3 Å². The summed E-state index contributed by atoms with van der Waals surface area (Å²) in [6.07, 6.45) is 1.54. The molecule has 0 aliphatic carbocycles. The lowest BCUT2D eigenvalue weighted by Gasteiger charge is -2.33. The molecule has 0 aliphatic rings. The largest absolute Gasteiger partial charge is 0.274 e. The summed E-state index contributed by atoms with van der Waals surface area (Å²) in [6.45, 7) is 12.0. The van der Waals surface area contributed by atoms with E-state index in [9.17, 15) is 14.4 Å². The predicted molar refractivity (Wildman–Crippen MR) is 97.9 cm³/mol. The molecule has 2 aromatic heterocycles. The molecule has 0 unspecified atom stereocenters. The predicted octanol–water partition coefficient (Wildman–Crippen LogP) is 2.79. The molecule has 0 spiro atoms. The van der Waals surface area contributed by atoms with E-state index in [1.54, 1.807) is 66.7 Å². The highest BCUT2D eigenvalue weighted by Gasteiger charge is 2.39. The van der Waals surface area contributed by atoms with Crippen LogP contribution in [0.3, 0.4) is 0 Å². The van der Waals surface area contributed by atoms with Gasteiger partial charge in [0.2, 0.25) is 0 Å². The molecular weight excluding hydrogens is 318 g/mol. The number of aromatic nitrogens is 2. The Hall–Kier alpha value is -2.50. The van der Waals surface area contributed by atoms with Crippen LogP contribution >= 0.6 is 0 Å². The van der Waals surface area contributed by atoms with Crippen molar-refractivity contribution < 1.29 is 9.59 Å². The van der Waals surface area contributed by atoms with Gasteiger partial charge < -0.3 is 0 Å². The maximum absolute atomic E-state index is 13.1. The van der Waals surface area contributed by atoms with Crippen molar-refractivity contribution >= 4 is 22.8 Å². The number of rotatable bonds is 1. The van der Waals surface area contributed by atoms with Gasteiger partial charge in [-0.05, 0) is 25.1 Å². The summed E-state index contributed by atoms with van der Waals surface area (Å²) in [6, 6.07) is 5.26. The molecule has 134 valence electrons. The summed E-state index contributed by atoms with van der Waals surface area (Å²) in [5.41, 5.74) is -1.39. The Kier molecular flexibility index (Phi) is 4.59. The number of pyridine rings is 2. The summed E-state index contributed by atoms with van der Waals surface area (Å²) in [7, 11) is 0. The average molecular weight is 343 g/mol. The number of hydrogen-bond acceptors (Lipinski definition) is 4. The van der Waals surface area contributed by atoms with Gasteiger partial charge in [-0.25, -0.2) is 4.98 Å². The molecule has 0 atom stereocenters. The number of fused-ring (bicyclic) bond motifs is 1. The van der Waals surface area contributed by atoms with Crippen molar-refractivity contribution in [3.63, 3.8) is 0 Å². The fourth-order valence-electron chi connectivity index (χ4n) is 2.35. The molecule has 0 saturated carbocycles. The van der Waals surface area contributed by atoms with Crippen LogP contribution in [-0.4, -0.2) is 21.5 Å². The molecule has 0 aromatic carbocycles. The van der Waals surface area contributed by atoms with Gasteiger partial charge in [-0.1, -0.05) is 41.5 Å². The summed E-state index contributed by atoms with van der Waals surface area (Å²) < 4.78 is 1.12. The highest BCUT2D eigenvalue weighted by Crippen LogP contribution is 2.24. The molecule has 2 heterocycles. The number of imide groups is 1. The SMILES string of the molecule is Cc1cc2cccnc2n(N(C(=O)C(C)(C)C)C(=O)C(C)(C)C)c1=O. The van der Waals surface area contributed by atoms with Crippen LogP contribution in [0.15, 0.2) is 29.2 Å². The first kappa shape index (κ1) is 18.8. The Labute approximate surface area is 147 Å². The fraction of sp³-hybridized carbons (Fsp3) is 0.474. The third-order valence-corrected chi connectivity index (χ3v) is 3.79. The highest BCUT2D eigenvalue weighted by molar-refractivity contribution is 6.12. The van der Waals surface area contributed by atoms with E-state index < -0.39 is 28.2 Å². The molecule has 6 heteroatoms. The van der Waals surface area contributed by atoms with E-state index in [2.05, 4.69) is 4.98 Å². The minimum Gasteiger partial charge on any atom is -0.272 e. The monoisotopic (exact) mass is 343 g/mol. The first-order valence-electron chi connectivity index (χ1n) is 8.22. The molecule has 2 amide bonds. The van der Waals surface area contributed by atoms with Crippen molar-refractivity contribution in [2.75, 3.05) is 5.01 Å². The van der Waals surface area contributed by atoms with Gasteiger partial charge in [0.05, 0.1) is 0 Å². The van der Waals surface area contributed by atoms with Crippen molar-refractivity contribution in [2.24, 2.45) is 10.8 Å². The van der Waals surface area contributed by atoms with Crippen molar-refractivity contribution in [2.45, 2.75) is 48.5 Å². The number of nitrogens with zero attached hydrogens (tertiary/aromatic N) is 3. The van der Waals surface area contributed by atoms with Crippen LogP contribution in [0.1, 0.15) is 47.1 Å². The van der Waals surface area contributed by atoms with Gasteiger partial charge in [-0.15, -0.1) is 0 Å². The summed E-state index contributed by atoms with van der Waals surface area (Å²) >= 11 is 0. The zero-order valence-corrected chi connectivity index (χ0v) is 15.9. The van der Waals surface area contributed by atoms with E-state index in [1.807, 2.05) is 0 Å². The lowest BCUT2D eigenvalue weighted by atomic mass is 9.91. The van der Waals surface area contributed by atoms with Gasteiger partial charge in [-0.3, -0.25) is 14.4 Å². The molecule has 2 aromatic rings. The first-order chi connectivity index (χ1) is 11.4. The average Bonchev–Trinajstić information content (AvgIpc) is 2.49. The lowest BCUT2D eigenvalue weighted by Crippen LogP contribution is -2.57. The van der Waals surface area contributed by atoms with Gasteiger partial charge in [0, 0.05) is 28.0 Å². The Balaban J connectivity index is 2.90. The van der Waals surface area contributed by atoms with E-state index in [1.165, 1.54) is 6.20 Å². The molecule has 0 radical (unpaired) electrons.